The van der Waals surface area contributed by atoms with Gasteiger partial charge in [-0.15, -0.1) is 0 Å². The van der Waals surface area contributed by atoms with Gasteiger partial charge in [0.2, 0.25) is 11.8 Å². The molecular formula is C39H51N3O3. The zero-order valence-electron chi connectivity index (χ0n) is 28.2. The van der Waals surface area contributed by atoms with Gasteiger partial charge in [-0.2, -0.15) is 0 Å². The normalized spacial score (nSPS) is 20.6. The molecule has 0 aliphatic heterocycles. The molecule has 1 aliphatic rings. The molecule has 0 aromatic heterocycles. The van der Waals surface area contributed by atoms with Crippen LogP contribution < -0.4 is 10.6 Å². The van der Waals surface area contributed by atoms with Gasteiger partial charge in [-0.3, -0.25) is 14.4 Å². The Balaban J connectivity index is 1.45. The fraction of sp³-hybridized carbons (Fsp3) is 0.462. The van der Waals surface area contributed by atoms with Crippen LogP contribution in [0.3, 0.4) is 0 Å². The largest absolute Gasteiger partial charge is 0.347 e. The smallest absolute Gasteiger partial charge is 0.252 e. The Morgan fingerprint density at radius 2 is 1.44 bits per heavy atom. The van der Waals surface area contributed by atoms with Gasteiger partial charge >= 0.3 is 0 Å². The second-order valence-corrected chi connectivity index (χ2v) is 14.4. The summed E-state index contributed by atoms with van der Waals surface area (Å²) in [5.41, 5.74) is 3.54. The molecular weight excluding hydrogens is 558 g/mol. The van der Waals surface area contributed by atoms with E-state index in [9.17, 15) is 14.4 Å². The summed E-state index contributed by atoms with van der Waals surface area (Å²) >= 11 is 0. The van der Waals surface area contributed by atoms with Crippen LogP contribution in [0.25, 0.3) is 11.1 Å². The second kappa shape index (κ2) is 14.0. The molecule has 45 heavy (non-hydrogen) atoms. The number of nitrogens with zero attached hydrogens (tertiary/aromatic N) is 1. The molecule has 0 radical (unpaired) electrons. The lowest BCUT2D eigenvalue weighted by Gasteiger charge is -2.43. The van der Waals surface area contributed by atoms with Crippen LogP contribution in [0.1, 0.15) is 108 Å². The van der Waals surface area contributed by atoms with E-state index in [1.165, 1.54) is 5.56 Å². The quantitative estimate of drug-likeness (QED) is 0.246. The van der Waals surface area contributed by atoms with Gasteiger partial charge in [0, 0.05) is 30.1 Å². The molecule has 1 fully saturated rings. The van der Waals surface area contributed by atoms with E-state index in [-0.39, 0.29) is 23.1 Å². The van der Waals surface area contributed by atoms with Gasteiger partial charge in [0.05, 0.1) is 0 Å². The van der Waals surface area contributed by atoms with E-state index in [2.05, 4.69) is 69.5 Å². The summed E-state index contributed by atoms with van der Waals surface area (Å²) in [5.74, 6) is -0.330. The molecule has 1 atom stereocenters. The van der Waals surface area contributed by atoms with Crippen molar-refractivity contribution in [3.63, 3.8) is 0 Å². The van der Waals surface area contributed by atoms with Crippen LogP contribution in [0.5, 0.6) is 0 Å². The van der Waals surface area contributed by atoms with E-state index >= 15 is 0 Å². The number of carbonyl (C=O) groups excluding carboxylic acids is 3. The summed E-state index contributed by atoms with van der Waals surface area (Å²) in [6.07, 6.45) is 4.42. The molecule has 1 aliphatic carbocycles. The SMILES string of the molecule is CCCCN(C)C(=O)[C@@H](NC(=O)C1(C)CCC(C)(NC(=O)c2ccccc2-c2ccc(C(C)(C)C)cc2)CC1)c1ccccc1. The number of benzene rings is 3. The Labute approximate surface area is 270 Å². The van der Waals surface area contributed by atoms with Gasteiger partial charge in [0.25, 0.3) is 5.91 Å². The molecule has 0 unspecified atom stereocenters. The second-order valence-electron chi connectivity index (χ2n) is 14.4. The van der Waals surface area contributed by atoms with Gasteiger partial charge < -0.3 is 15.5 Å². The zero-order chi connectivity index (χ0) is 32.8. The molecule has 2 N–H and O–H groups in total. The lowest BCUT2D eigenvalue weighted by molar-refractivity contribution is -0.140. The van der Waals surface area contributed by atoms with E-state index in [4.69, 9.17) is 0 Å². The van der Waals surface area contributed by atoms with Crippen LogP contribution in [-0.4, -0.2) is 41.8 Å². The van der Waals surface area contributed by atoms with Crippen molar-refractivity contribution in [1.82, 2.24) is 15.5 Å². The standard InChI is InChI=1S/C39H51N3O3/c1-8-9-27-42(7)35(44)33(29-15-11-10-12-16-29)40-36(45)38(5)23-25-39(6,26-24-38)41-34(43)32-18-14-13-17-31(32)28-19-21-30(22-20-28)37(2,3)4/h10-22,33H,8-9,23-27H2,1-7H3,(H,40,45)(H,41,43)/t33-,38?,39?/m0/s1. The number of nitrogens with one attached hydrogen (secondary N) is 2. The first-order chi connectivity index (χ1) is 21.3. The van der Waals surface area contributed by atoms with E-state index in [1.807, 2.05) is 61.5 Å². The maximum Gasteiger partial charge on any atom is 0.252 e. The number of likely N-dealkylation sites (N-methyl/N-ethyl adjacent to an activating group) is 1. The van der Waals surface area contributed by atoms with Crippen molar-refractivity contribution in [3.05, 3.63) is 95.6 Å². The summed E-state index contributed by atoms with van der Waals surface area (Å²) in [5, 5.41) is 6.44. The minimum absolute atomic E-state index is 0.0549. The number of rotatable bonds is 10. The van der Waals surface area contributed by atoms with Gasteiger partial charge in [-0.25, -0.2) is 0 Å². The first-order valence-electron chi connectivity index (χ1n) is 16.4. The van der Waals surface area contributed by atoms with Crippen molar-refractivity contribution in [1.29, 1.82) is 0 Å². The molecule has 3 aromatic rings. The number of unbranched alkanes of at least 4 members (excludes halogenated alkanes) is 1. The predicted molar refractivity (Wildman–Crippen MR) is 183 cm³/mol. The minimum Gasteiger partial charge on any atom is -0.347 e. The molecule has 3 amide bonds. The molecule has 3 aromatic carbocycles. The van der Waals surface area contributed by atoms with Crippen LogP contribution in [0.15, 0.2) is 78.9 Å². The molecule has 4 rings (SSSR count). The van der Waals surface area contributed by atoms with Crippen molar-refractivity contribution in [2.75, 3.05) is 13.6 Å². The fourth-order valence-corrected chi connectivity index (χ4v) is 6.09. The summed E-state index contributed by atoms with van der Waals surface area (Å²) in [6, 6.07) is 24.9. The highest BCUT2D eigenvalue weighted by atomic mass is 16.2. The summed E-state index contributed by atoms with van der Waals surface area (Å²) in [7, 11) is 1.80. The third-order valence-corrected chi connectivity index (χ3v) is 9.53. The monoisotopic (exact) mass is 609 g/mol. The third-order valence-electron chi connectivity index (χ3n) is 9.53. The van der Waals surface area contributed by atoms with E-state index in [0.717, 1.165) is 29.5 Å². The molecule has 0 spiro atoms. The van der Waals surface area contributed by atoms with Crippen molar-refractivity contribution >= 4 is 17.7 Å². The summed E-state index contributed by atoms with van der Waals surface area (Å²) in [6.45, 7) is 13.4. The van der Waals surface area contributed by atoms with Crippen molar-refractivity contribution in [2.24, 2.45) is 5.41 Å². The lowest BCUT2D eigenvalue weighted by atomic mass is 9.68. The van der Waals surface area contributed by atoms with Gasteiger partial charge in [-0.1, -0.05) is 114 Å². The minimum atomic E-state index is -0.737. The average molecular weight is 610 g/mol. The van der Waals surface area contributed by atoms with Crippen LogP contribution in [-0.2, 0) is 15.0 Å². The van der Waals surface area contributed by atoms with Crippen LogP contribution in [0.4, 0.5) is 0 Å². The van der Waals surface area contributed by atoms with Gasteiger partial charge in [-0.05, 0) is 72.8 Å². The van der Waals surface area contributed by atoms with Crippen molar-refractivity contribution in [2.45, 2.75) is 97.1 Å². The first kappa shape index (κ1) is 34.0. The molecule has 0 heterocycles. The average Bonchev–Trinajstić information content (AvgIpc) is 3.03. The van der Waals surface area contributed by atoms with E-state index < -0.39 is 17.0 Å². The number of hydrogen-bond donors (Lipinski definition) is 2. The summed E-state index contributed by atoms with van der Waals surface area (Å²) < 4.78 is 0. The fourth-order valence-electron chi connectivity index (χ4n) is 6.09. The molecule has 1 saturated carbocycles. The molecule has 0 bridgehead atoms. The van der Waals surface area contributed by atoms with Crippen LogP contribution >= 0.6 is 0 Å². The first-order valence-corrected chi connectivity index (χ1v) is 16.4. The number of amides is 3. The highest BCUT2D eigenvalue weighted by Gasteiger charge is 2.44. The highest BCUT2D eigenvalue weighted by molar-refractivity contribution is 6.01. The predicted octanol–water partition coefficient (Wildman–Crippen LogP) is 7.84. The maximum absolute atomic E-state index is 13.8. The Kier molecular flexibility index (Phi) is 10.6. The summed E-state index contributed by atoms with van der Waals surface area (Å²) in [4.78, 5) is 42.7. The zero-order valence-corrected chi connectivity index (χ0v) is 28.2. The Bertz CT molecular complexity index is 1470. The van der Waals surface area contributed by atoms with Gasteiger partial charge in [0.15, 0.2) is 0 Å². The van der Waals surface area contributed by atoms with Crippen molar-refractivity contribution < 1.29 is 14.4 Å². The highest BCUT2D eigenvalue weighted by Crippen LogP contribution is 2.41. The van der Waals surface area contributed by atoms with Crippen LogP contribution in [0, 0.1) is 5.41 Å². The Morgan fingerprint density at radius 1 is 0.844 bits per heavy atom. The Morgan fingerprint density at radius 3 is 2.04 bits per heavy atom. The van der Waals surface area contributed by atoms with Crippen LogP contribution in [0.2, 0.25) is 0 Å². The van der Waals surface area contributed by atoms with E-state index in [1.54, 1.807) is 11.9 Å². The third kappa shape index (κ3) is 8.22. The Hall–Kier alpha value is -3.93. The van der Waals surface area contributed by atoms with Gasteiger partial charge in [0.1, 0.15) is 6.04 Å². The van der Waals surface area contributed by atoms with Crippen molar-refractivity contribution in [3.8, 4) is 11.1 Å². The molecule has 6 nitrogen and oxygen atoms in total. The number of carbonyl (C=O) groups is 3. The molecule has 6 heteroatoms. The molecule has 0 saturated heterocycles. The molecule has 240 valence electrons. The van der Waals surface area contributed by atoms with E-state index in [0.29, 0.717) is 37.8 Å². The topological polar surface area (TPSA) is 78.5 Å². The number of hydrogen-bond acceptors (Lipinski definition) is 3. The lowest BCUT2D eigenvalue weighted by Crippen LogP contribution is -2.53. The maximum atomic E-state index is 13.8.